The molecule has 1 atom stereocenters. The Morgan fingerprint density at radius 2 is 2.27 bits per heavy atom. The summed E-state index contributed by atoms with van der Waals surface area (Å²) in [5.74, 6) is -0.108. The van der Waals surface area contributed by atoms with Crippen LogP contribution in [0.4, 0.5) is 5.95 Å². The number of hydroxylamine groups is 2. The van der Waals surface area contributed by atoms with Crippen LogP contribution in [0.25, 0.3) is 11.5 Å². The molecule has 0 saturated heterocycles. The van der Waals surface area contributed by atoms with Gasteiger partial charge < -0.3 is 4.42 Å². The molecular formula is C17H23N5O4. The van der Waals surface area contributed by atoms with E-state index < -0.39 is 5.92 Å². The average Bonchev–Trinajstić information content (AvgIpc) is 3.20. The highest BCUT2D eigenvalue weighted by atomic mass is 16.5. The zero-order valence-electron chi connectivity index (χ0n) is 14.6. The number of furan rings is 1. The number of carbonyl (C=O) groups excluding carboxylic acids is 2. The van der Waals surface area contributed by atoms with Crippen LogP contribution in [-0.2, 0) is 9.59 Å². The maximum Gasteiger partial charge on any atom is 0.243 e. The van der Waals surface area contributed by atoms with Crippen LogP contribution in [0.3, 0.4) is 0 Å². The van der Waals surface area contributed by atoms with Gasteiger partial charge in [-0.25, -0.2) is 15.0 Å². The summed E-state index contributed by atoms with van der Waals surface area (Å²) in [7, 11) is 0. The number of aromatic nitrogens is 2. The Balaban J connectivity index is 1.95. The standard InChI is InChI=1S/C17H23N5O4/c1-2-3-4-6-13(11-22(25)12-23)16(24)20-21-17-18-9-8-14(19-17)15-7-5-10-26-15/h5,7-10,12-13,25H,2-4,6,11H2,1H3,(H,20,24)(H,18,19,21)/t13-/m1/s1. The number of anilines is 1. The van der Waals surface area contributed by atoms with Gasteiger partial charge in [-0.15, -0.1) is 0 Å². The lowest BCUT2D eigenvalue weighted by molar-refractivity contribution is -0.154. The van der Waals surface area contributed by atoms with Gasteiger partial charge in [-0.1, -0.05) is 26.2 Å². The number of rotatable bonds is 11. The zero-order valence-corrected chi connectivity index (χ0v) is 14.6. The van der Waals surface area contributed by atoms with E-state index in [4.69, 9.17) is 4.42 Å². The Morgan fingerprint density at radius 1 is 1.42 bits per heavy atom. The third-order valence-electron chi connectivity index (χ3n) is 3.78. The molecule has 3 N–H and O–H groups in total. The second-order valence-electron chi connectivity index (χ2n) is 5.78. The Hall–Kier alpha value is -2.94. The van der Waals surface area contributed by atoms with Crippen LogP contribution in [0, 0.1) is 5.92 Å². The third-order valence-corrected chi connectivity index (χ3v) is 3.78. The van der Waals surface area contributed by atoms with Gasteiger partial charge in [-0.05, 0) is 24.6 Å². The van der Waals surface area contributed by atoms with E-state index in [1.807, 2.05) is 0 Å². The van der Waals surface area contributed by atoms with Crippen LogP contribution < -0.4 is 10.9 Å². The molecule has 0 fully saturated rings. The number of amides is 2. The van der Waals surface area contributed by atoms with Crippen molar-refractivity contribution in [3.05, 3.63) is 30.7 Å². The van der Waals surface area contributed by atoms with Crippen LogP contribution in [0.1, 0.15) is 32.6 Å². The molecule has 9 heteroatoms. The van der Waals surface area contributed by atoms with Crippen LogP contribution in [0.15, 0.2) is 35.1 Å². The maximum atomic E-state index is 12.4. The summed E-state index contributed by atoms with van der Waals surface area (Å²) >= 11 is 0. The van der Waals surface area contributed by atoms with Gasteiger partial charge in [0.1, 0.15) is 5.69 Å². The minimum absolute atomic E-state index is 0.0754. The molecule has 0 spiro atoms. The fraction of sp³-hybridized carbons (Fsp3) is 0.412. The van der Waals surface area contributed by atoms with E-state index in [0.29, 0.717) is 22.9 Å². The fourth-order valence-corrected chi connectivity index (χ4v) is 2.41. The lowest BCUT2D eigenvalue weighted by Gasteiger charge is -2.19. The quantitative estimate of drug-likeness (QED) is 0.243. The molecule has 2 aromatic rings. The number of carbonyl (C=O) groups is 2. The lowest BCUT2D eigenvalue weighted by atomic mass is 10.0. The Labute approximate surface area is 151 Å². The number of hydrogen-bond donors (Lipinski definition) is 3. The smallest absolute Gasteiger partial charge is 0.243 e. The van der Waals surface area contributed by atoms with E-state index in [1.165, 1.54) is 0 Å². The summed E-state index contributed by atoms with van der Waals surface area (Å²) in [6, 6.07) is 5.21. The monoisotopic (exact) mass is 361 g/mol. The van der Waals surface area contributed by atoms with Gasteiger partial charge >= 0.3 is 0 Å². The van der Waals surface area contributed by atoms with Crippen molar-refractivity contribution in [1.29, 1.82) is 0 Å². The highest BCUT2D eigenvalue weighted by Gasteiger charge is 2.20. The first-order valence-corrected chi connectivity index (χ1v) is 8.47. The second-order valence-corrected chi connectivity index (χ2v) is 5.78. The predicted molar refractivity (Wildman–Crippen MR) is 93.7 cm³/mol. The van der Waals surface area contributed by atoms with Crippen molar-refractivity contribution in [2.75, 3.05) is 12.0 Å². The molecule has 0 unspecified atom stereocenters. The summed E-state index contributed by atoms with van der Waals surface area (Å²) in [5.41, 5.74) is 5.76. The summed E-state index contributed by atoms with van der Waals surface area (Å²) in [6.45, 7) is 1.98. The highest BCUT2D eigenvalue weighted by molar-refractivity contribution is 5.80. The zero-order chi connectivity index (χ0) is 18.8. The minimum atomic E-state index is -0.544. The van der Waals surface area contributed by atoms with Gasteiger partial charge in [0.25, 0.3) is 0 Å². The van der Waals surface area contributed by atoms with E-state index in [1.54, 1.807) is 30.7 Å². The third kappa shape index (κ3) is 5.85. The number of hydrazine groups is 1. The van der Waals surface area contributed by atoms with Crippen molar-refractivity contribution in [2.45, 2.75) is 32.6 Å². The first-order chi connectivity index (χ1) is 12.6. The average molecular weight is 361 g/mol. The maximum absolute atomic E-state index is 12.4. The molecule has 0 bridgehead atoms. The number of nitrogens with zero attached hydrogens (tertiary/aromatic N) is 3. The van der Waals surface area contributed by atoms with Gasteiger partial charge in [-0.2, -0.15) is 0 Å². The normalized spacial score (nSPS) is 11.6. The van der Waals surface area contributed by atoms with Crippen LogP contribution in [-0.4, -0.2) is 39.1 Å². The van der Waals surface area contributed by atoms with Crippen molar-refractivity contribution in [2.24, 2.45) is 5.92 Å². The van der Waals surface area contributed by atoms with Crippen LogP contribution in [0.5, 0.6) is 0 Å². The molecule has 0 aromatic carbocycles. The Kier molecular flexibility index (Phi) is 7.56. The summed E-state index contributed by atoms with van der Waals surface area (Å²) in [4.78, 5) is 31.3. The molecule has 26 heavy (non-hydrogen) atoms. The molecule has 9 nitrogen and oxygen atoms in total. The minimum Gasteiger partial charge on any atom is -0.463 e. The molecular weight excluding hydrogens is 338 g/mol. The molecule has 140 valence electrons. The Bertz CT molecular complexity index is 692. The van der Waals surface area contributed by atoms with E-state index in [0.717, 1.165) is 19.3 Å². The topological polar surface area (TPSA) is 121 Å². The van der Waals surface area contributed by atoms with Gasteiger partial charge in [0, 0.05) is 6.20 Å². The molecule has 0 aliphatic heterocycles. The first-order valence-electron chi connectivity index (χ1n) is 8.47. The SMILES string of the molecule is CCCCC[C@H](CN(O)C=O)C(=O)NNc1nccc(-c2ccco2)n1. The van der Waals surface area contributed by atoms with Crippen molar-refractivity contribution in [3.8, 4) is 11.5 Å². The Morgan fingerprint density at radius 3 is 2.96 bits per heavy atom. The summed E-state index contributed by atoms with van der Waals surface area (Å²) in [6.07, 6.45) is 6.73. The van der Waals surface area contributed by atoms with Crippen molar-refractivity contribution < 1.29 is 19.2 Å². The molecule has 2 heterocycles. The van der Waals surface area contributed by atoms with E-state index in [2.05, 4.69) is 27.7 Å². The molecule has 0 radical (unpaired) electrons. The first kappa shape index (κ1) is 19.4. The largest absolute Gasteiger partial charge is 0.463 e. The highest BCUT2D eigenvalue weighted by Crippen LogP contribution is 2.17. The molecule has 0 aliphatic carbocycles. The van der Waals surface area contributed by atoms with Crippen molar-refractivity contribution >= 4 is 18.3 Å². The van der Waals surface area contributed by atoms with Crippen molar-refractivity contribution in [3.63, 3.8) is 0 Å². The lowest BCUT2D eigenvalue weighted by Crippen LogP contribution is -2.40. The van der Waals surface area contributed by atoms with Crippen LogP contribution in [0.2, 0.25) is 0 Å². The van der Waals surface area contributed by atoms with Crippen molar-refractivity contribution in [1.82, 2.24) is 20.5 Å². The molecule has 0 aliphatic rings. The van der Waals surface area contributed by atoms with Gasteiger partial charge in [-0.3, -0.25) is 25.6 Å². The van der Waals surface area contributed by atoms with E-state index >= 15 is 0 Å². The van der Waals surface area contributed by atoms with E-state index in [9.17, 15) is 14.8 Å². The van der Waals surface area contributed by atoms with Gasteiger partial charge in [0.2, 0.25) is 18.3 Å². The molecule has 0 saturated carbocycles. The molecule has 2 amide bonds. The molecule has 2 aromatic heterocycles. The number of hydrogen-bond acceptors (Lipinski definition) is 7. The molecule has 2 rings (SSSR count). The van der Waals surface area contributed by atoms with Gasteiger partial charge in [0.15, 0.2) is 5.76 Å². The van der Waals surface area contributed by atoms with Gasteiger partial charge in [0.05, 0.1) is 18.7 Å². The predicted octanol–water partition coefficient (Wildman–Crippen LogP) is 2.22. The fourth-order valence-electron chi connectivity index (χ4n) is 2.41. The summed E-state index contributed by atoms with van der Waals surface area (Å²) in [5, 5.41) is 9.87. The second kappa shape index (κ2) is 10.1. The number of nitrogens with one attached hydrogen (secondary N) is 2. The van der Waals surface area contributed by atoms with Crippen LogP contribution >= 0.6 is 0 Å². The summed E-state index contributed by atoms with van der Waals surface area (Å²) < 4.78 is 5.28. The van der Waals surface area contributed by atoms with E-state index in [-0.39, 0.29) is 24.8 Å². The number of unbranched alkanes of at least 4 members (excludes halogenated alkanes) is 2.